The van der Waals surface area contributed by atoms with Gasteiger partial charge in [0.2, 0.25) is 0 Å². The Balaban J connectivity index is 1.03. The number of carboxylic acids is 3. The van der Waals surface area contributed by atoms with Gasteiger partial charge in [0.15, 0.2) is 11.8 Å². The summed E-state index contributed by atoms with van der Waals surface area (Å²) < 4.78 is 27.4. The molecule has 0 saturated heterocycles. The van der Waals surface area contributed by atoms with Crippen LogP contribution >= 0.6 is 7.75 Å². The smallest absolute Gasteiger partial charge is 0.403 e. The van der Waals surface area contributed by atoms with Crippen LogP contribution in [0.1, 0.15) is 92.2 Å². The molecule has 3 unspecified atom stereocenters. The van der Waals surface area contributed by atoms with Gasteiger partial charge in [-0.15, -0.1) is 0 Å². The van der Waals surface area contributed by atoms with E-state index in [4.69, 9.17) is 9.26 Å². The van der Waals surface area contributed by atoms with Gasteiger partial charge in [-0.3, -0.25) is 33.3 Å². The molecule has 3 aromatic rings. The number of phenolic OH excluding ortho intramolecular Hbond substituents is 1. The van der Waals surface area contributed by atoms with E-state index in [1.54, 1.807) is 30.3 Å². The first-order valence-electron chi connectivity index (χ1n) is 20.2. The third kappa shape index (κ3) is 13.8. The third-order valence-electron chi connectivity index (χ3n) is 10.4. The van der Waals surface area contributed by atoms with Gasteiger partial charge in [-0.25, -0.2) is 19.2 Å². The van der Waals surface area contributed by atoms with Crippen molar-refractivity contribution < 1.29 is 82.2 Å². The van der Waals surface area contributed by atoms with Crippen molar-refractivity contribution in [2.24, 2.45) is 5.92 Å². The van der Waals surface area contributed by atoms with Gasteiger partial charge >= 0.3 is 25.7 Å². The van der Waals surface area contributed by atoms with E-state index in [9.17, 15) is 68.2 Å². The highest BCUT2D eigenvalue weighted by Crippen LogP contribution is 2.49. The molecule has 0 spiro atoms. The van der Waals surface area contributed by atoms with E-state index in [0.29, 0.717) is 42.6 Å². The number of hydrogen-bond donors (Lipinski definition) is 8. The number of hydrogen-bond acceptors (Lipinski definition) is 13. The molecule has 65 heavy (non-hydrogen) atoms. The lowest BCUT2D eigenvalue weighted by Gasteiger charge is -2.35. The van der Waals surface area contributed by atoms with Gasteiger partial charge in [0.05, 0.1) is 18.8 Å². The number of Topliss-reactive ketones (excluding diaryl/α,β-unsaturated/α-hetero) is 1. The Morgan fingerprint density at radius 2 is 1.55 bits per heavy atom. The average Bonchev–Trinajstić information content (AvgIpc) is 3.26. The van der Waals surface area contributed by atoms with Crippen molar-refractivity contribution in [3.63, 3.8) is 0 Å². The number of amides is 2. The largest absolute Gasteiger partial charge is 0.508 e. The molecule has 1 heterocycles. The highest BCUT2D eigenvalue weighted by molar-refractivity contribution is 7.50. The molecule has 1 aliphatic heterocycles. The van der Waals surface area contributed by atoms with Crippen LogP contribution in [0, 0.1) is 5.92 Å². The number of rotatable bonds is 25. The topological polar surface area (TPSA) is 319 Å². The van der Waals surface area contributed by atoms with Crippen LogP contribution in [-0.4, -0.2) is 105 Å². The van der Waals surface area contributed by atoms with E-state index in [1.807, 2.05) is 5.09 Å². The highest BCUT2D eigenvalue weighted by Gasteiger charge is 2.39. The number of aryl methyl sites for hydroxylation is 1. The molecule has 0 bridgehead atoms. The van der Waals surface area contributed by atoms with Crippen molar-refractivity contribution in [1.82, 2.24) is 15.7 Å². The van der Waals surface area contributed by atoms with E-state index in [2.05, 4.69) is 15.4 Å². The number of allylic oxidation sites excluding steroid dienone is 3. The van der Waals surface area contributed by atoms with Gasteiger partial charge in [0.1, 0.15) is 29.1 Å². The second kappa shape index (κ2) is 22.6. The lowest BCUT2D eigenvalue weighted by atomic mass is 9.74. The maximum absolute atomic E-state index is 13.1. The maximum atomic E-state index is 13.1. The average molecular weight is 920 g/mol. The van der Waals surface area contributed by atoms with Crippen molar-refractivity contribution >= 4 is 55.5 Å². The summed E-state index contributed by atoms with van der Waals surface area (Å²) in [4.78, 5) is 106. The Labute approximate surface area is 370 Å². The van der Waals surface area contributed by atoms with E-state index in [0.717, 1.165) is 5.56 Å². The Hall–Kier alpha value is -6.99. The SMILES string of the molecule is O=COCC[C@H](NP(=O)(O)OC[C@H](NC(=O)c1ccc(CCC(=O)CCCCCNC(=O)c2ccc(C3c4ccc(O)cc4OC4=CC(=O)C=CC43)c(C(=O)O)c2)cc1)C(=O)O)C(=O)O. The number of ketones is 2. The Kier molecular flexibility index (Phi) is 17.0. The summed E-state index contributed by atoms with van der Waals surface area (Å²) in [5.41, 5.74) is 1.78. The van der Waals surface area contributed by atoms with E-state index < -0.39 is 81.0 Å². The Morgan fingerprint density at radius 1 is 0.846 bits per heavy atom. The van der Waals surface area contributed by atoms with Crippen LogP contribution < -0.4 is 20.5 Å². The van der Waals surface area contributed by atoms with Crippen LogP contribution in [0.3, 0.4) is 0 Å². The van der Waals surface area contributed by atoms with Crippen molar-refractivity contribution in [3.8, 4) is 11.5 Å². The lowest BCUT2D eigenvalue weighted by Crippen LogP contribution is -2.44. The number of carboxylic acid groups (broad SMARTS) is 3. The zero-order valence-corrected chi connectivity index (χ0v) is 35.4. The normalized spacial score (nSPS) is 16.8. The zero-order valence-electron chi connectivity index (χ0n) is 34.5. The first-order chi connectivity index (χ1) is 31.0. The van der Waals surface area contributed by atoms with Crippen LogP contribution in [0.25, 0.3) is 0 Å². The molecule has 2 amide bonds. The zero-order chi connectivity index (χ0) is 47.3. The van der Waals surface area contributed by atoms with Crippen molar-refractivity contribution in [1.29, 1.82) is 0 Å². The van der Waals surface area contributed by atoms with Crippen LogP contribution in [0.4, 0.5) is 0 Å². The van der Waals surface area contributed by atoms with Crippen molar-refractivity contribution in [3.05, 3.63) is 118 Å². The fourth-order valence-electron chi connectivity index (χ4n) is 7.12. The van der Waals surface area contributed by atoms with Gasteiger partial charge in [0.25, 0.3) is 18.3 Å². The number of nitrogens with one attached hydrogen (secondary N) is 3. The molecule has 3 aromatic carbocycles. The predicted molar refractivity (Wildman–Crippen MR) is 226 cm³/mol. The standard InChI is InChI=1S/C44H46N3O17P/c48-24-62-19-17-35(43(56)57)47-65(60,61)63-23-36(44(58)59)46-41(53)26-8-5-25(6-9-26)7-11-28(49)4-2-1-3-18-45-40(52)27-10-14-31(34(20-27)42(54)55)39-32-15-12-29(50)21-37(32)64-38-22-30(51)13-16-33(38)39/h5-6,8-10,12-16,20-22,24,32,35-36,39,51H,1-4,7,11,17-19,23H2,(H,45,52)(H,46,53)(H,54,55)(H,56,57)(H,58,59)(H2,47,60,61)/t32?,35-,36-,39?/m0/s1. The monoisotopic (exact) mass is 919 g/mol. The number of aliphatic carboxylic acids is 2. The quantitative estimate of drug-likeness (QED) is 0.0342. The van der Waals surface area contributed by atoms with E-state index >= 15 is 0 Å². The molecule has 20 nitrogen and oxygen atoms in total. The van der Waals surface area contributed by atoms with Crippen molar-refractivity contribution in [2.75, 3.05) is 19.8 Å². The number of phenols is 1. The number of unbranched alkanes of at least 4 members (excludes halogenated alkanes) is 2. The second-order valence-corrected chi connectivity index (χ2v) is 16.6. The minimum Gasteiger partial charge on any atom is -0.508 e. The molecular weight excluding hydrogens is 873 g/mol. The molecule has 21 heteroatoms. The molecule has 0 saturated carbocycles. The van der Waals surface area contributed by atoms with Crippen LogP contribution in [0.2, 0.25) is 0 Å². The van der Waals surface area contributed by atoms with Crippen molar-refractivity contribution in [2.45, 2.75) is 62.9 Å². The second-order valence-electron chi connectivity index (χ2n) is 15.0. The summed E-state index contributed by atoms with van der Waals surface area (Å²) in [5, 5.41) is 45.8. The van der Waals surface area contributed by atoms with Crippen LogP contribution in [0.15, 0.2) is 84.7 Å². The molecule has 5 rings (SSSR count). The first-order valence-corrected chi connectivity index (χ1v) is 21.8. The molecule has 0 fully saturated rings. The van der Waals surface area contributed by atoms with Gasteiger partial charge in [-0.05, 0) is 66.8 Å². The minimum atomic E-state index is -4.89. The summed E-state index contributed by atoms with van der Waals surface area (Å²) in [6.07, 6.45) is 6.55. The summed E-state index contributed by atoms with van der Waals surface area (Å²) >= 11 is 0. The van der Waals surface area contributed by atoms with Gasteiger partial charge < -0.3 is 45.4 Å². The van der Waals surface area contributed by atoms with Gasteiger partial charge in [-0.1, -0.05) is 36.8 Å². The number of aromatic carboxylic acids is 1. The van der Waals surface area contributed by atoms with E-state index in [1.165, 1.54) is 48.6 Å². The molecule has 5 atom stereocenters. The molecule has 1 aliphatic carbocycles. The number of carbonyl (C=O) groups is 8. The molecule has 2 aliphatic rings. The molecular formula is C44H46N3O17P. The first kappa shape index (κ1) is 49.0. The molecule has 8 N–H and O–H groups in total. The number of aromatic hydroxyl groups is 1. The van der Waals surface area contributed by atoms with Gasteiger partial charge in [0, 0.05) is 66.5 Å². The maximum Gasteiger partial charge on any atom is 0.403 e. The number of fused-ring (bicyclic) bond motifs is 2. The Morgan fingerprint density at radius 3 is 2.25 bits per heavy atom. The Bertz CT molecular complexity index is 2430. The third-order valence-corrected chi connectivity index (χ3v) is 11.6. The number of benzene rings is 3. The highest BCUT2D eigenvalue weighted by atomic mass is 31.2. The van der Waals surface area contributed by atoms with Crippen LogP contribution in [0.5, 0.6) is 11.5 Å². The summed E-state index contributed by atoms with van der Waals surface area (Å²) in [7, 11) is -4.89. The summed E-state index contributed by atoms with van der Waals surface area (Å²) in [5.74, 6) is -6.63. The van der Waals surface area contributed by atoms with E-state index in [-0.39, 0.29) is 65.6 Å². The number of carbonyl (C=O) groups excluding carboxylic acids is 5. The lowest BCUT2D eigenvalue weighted by molar-refractivity contribution is -0.141. The molecule has 0 radical (unpaired) electrons. The van der Waals surface area contributed by atoms with Crippen LogP contribution in [-0.2, 0) is 44.2 Å². The predicted octanol–water partition coefficient (Wildman–Crippen LogP) is 3.65. The fraction of sp³-hybridized carbons (Fsp3) is 0.318. The molecule has 0 aromatic heterocycles. The summed E-state index contributed by atoms with van der Waals surface area (Å²) in [6, 6.07) is 11.4. The van der Waals surface area contributed by atoms with Gasteiger partial charge in [-0.2, -0.15) is 0 Å². The minimum absolute atomic E-state index is 0.0111. The number of ether oxygens (including phenoxy) is 2. The molecule has 344 valence electrons. The fourth-order valence-corrected chi connectivity index (χ4v) is 8.18. The summed E-state index contributed by atoms with van der Waals surface area (Å²) in [6.45, 7) is -1.06.